The maximum absolute atomic E-state index is 12.1. The minimum Gasteiger partial charge on any atom is -0.358 e. The van der Waals surface area contributed by atoms with E-state index in [4.69, 9.17) is 0 Å². The Bertz CT molecular complexity index is 998. The van der Waals surface area contributed by atoms with Gasteiger partial charge in [-0.15, -0.1) is 0 Å². The molecule has 0 fully saturated rings. The molecule has 1 aromatic carbocycles. The summed E-state index contributed by atoms with van der Waals surface area (Å²) in [5.41, 5.74) is 5.63. The van der Waals surface area contributed by atoms with Gasteiger partial charge in [-0.3, -0.25) is 9.59 Å². The fraction of sp³-hybridized carbons (Fsp3) is 0.381. The van der Waals surface area contributed by atoms with E-state index in [0.29, 0.717) is 25.1 Å². The monoisotopic (exact) mass is 364 g/mol. The minimum atomic E-state index is -0.235. The summed E-state index contributed by atoms with van der Waals surface area (Å²) in [5, 5.41) is 10.6. The summed E-state index contributed by atoms with van der Waals surface area (Å²) in [5.74, 6) is -0.0176. The molecule has 0 radical (unpaired) electrons. The predicted octanol–water partition coefficient (Wildman–Crippen LogP) is 2.77. The highest BCUT2D eigenvalue weighted by Crippen LogP contribution is 2.29. The number of fused-ring (bicyclic) bond motifs is 3. The number of carbonyl (C=O) groups excluding carboxylic acids is 1. The zero-order chi connectivity index (χ0) is 18.6. The average Bonchev–Trinajstić information content (AvgIpc) is 2.85. The molecule has 0 atom stereocenters. The lowest BCUT2D eigenvalue weighted by Crippen LogP contribution is -2.23. The molecule has 0 saturated carbocycles. The van der Waals surface area contributed by atoms with Gasteiger partial charge in [0.25, 0.3) is 5.56 Å². The molecule has 4 rings (SSSR count). The van der Waals surface area contributed by atoms with Gasteiger partial charge < -0.3 is 10.3 Å². The summed E-state index contributed by atoms with van der Waals surface area (Å²) < 4.78 is 0. The number of H-pyrrole nitrogens is 2. The van der Waals surface area contributed by atoms with Gasteiger partial charge in [0, 0.05) is 42.0 Å². The second kappa shape index (κ2) is 7.78. The topological polar surface area (TPSA) is 90.6 Å². The van der Waals surface area contributed by atoms with Gasteiger partial charge in [-0.1, -0.05) is 12.5 Å². The lowest BCUT2D eigenvalue weighted by atomic mass is 10.0. The van der Waals surface area contributed by atoms with Crippen molar-refractivity contribution in [3.8, 4) is 0 Å². The number of aromatic nitrogens is 3. The van der Waals surface area contributed by atoms with Crippen LogP contribution in [0.2, 0.25) is 0 Å². The Hall–Kier alpha value is -2.89. The van der Waals surface area contributed by atoms with Crippen molar-refractivity contribution in [2.75, 3.05) is 0 Å². The molecule has 0 unspecified atom stereocenters. The number of aromatic amines is 2. The highest BCUT2D eigenvalue weighted by atomic mass is 16.1. The van der Waals surface area contributed by atoms with E-state index in [1.54, 1.807) is 6.07 Å². The Morgan fingerprint density at radius 3 is 2.85 bits per heavy atom. The molecule has 140 valence electrons. The first-order valence-electron chi connectivity index (χ1n) is 9.63. The van der Waals surface area contributed by atoms with Crippen molar-refractivity contribution in [1.82, 2.24) is 20.5 Å². The third kappa shape index (κ3) is 4.10. The maximum Gasteiger partial charge on any atom is 0.264 e. The molecule has 27 heavy (non-hydrogen) atoms. The van der Waals surface area contributed by atoms with Crippen molar-refractivity contribution in [3.63, 3.8) is 0 Å². The number of hydrogen-bond acceptors (Lipinski definition) is 3. The van der Waals surface area contributed by atoms with Crippen LogP contribution in [0.4, 0.5) is 0 Å². The van der Waals surface area contributed by atoms with E-state index in [1.807, 2.05) is 0 Å². The van der Waals surface area contributed by atoms with Crippen LogP contribution in [0.15, 0.2) is 35.1 Å². The molecular weight excluding hydrogens is 340 g/mol. The van der Waals surface area contributed by atoms with Crippen molar-refractivity contribution in [2.45, 2.75) is 51.5 Å². The van der Waals surface area contributed by atoms with E-state index in [9.17, 15) is 9.59 Å². The SMILES string of the molecule is O=C(CCc1ccc(=O)[nH]n1)NCc1ccc2[nH]c3c(c2c1)CCCCC3. The number of hydrogen-bond donors (Lipinski definition) is 3. The van der Waals surface area contributed by atoms with Gasteiger partial charge in [0.15, 0.2) is 0 Å². The van der Waals surface area contributed by atoms with E-state index < -0.39 is 0 Å². The van der Waals surface area contributed by atoms with Crippen LogP contribution in [-0.2, 0) is 30.6 Å². The van der Waals surface area contributed by atoms with Crippen LogP contribution in [0, 0.1) is 0 Å². The summed E-state index contributed by atoms with van der Waals surface area (Å²) in [6, 6.07) is 9.48. The van der Waals surface area contributed by atoms with Crippen molar-refractivity contribution < 1.29 is 4.79 Å². The Morgan fingerprint density at radius 2 is 2.00 bits per heavy atom. The van der Waals surface area contributed by atoms with E-state index >= 15 is 0 Å². The van der Waals surface area contributed by atoms with Gasteiger partial charge in [0.2, 0.25) is 5.91 Å². The Morgan fingerprint density at radius 1 is 1.11 bits per heavy atom. The molecule has 3 N–H and O–H groups in total. The normalized spacial score (nSPS) is 13.9. The van der Waals surface area contributed by atoms with Crippen LogP contribution in [0.3, 0.4) is 0 Å². The molecule has 2 aromatic heterocycles. The molecule has 3 aromatic rings. The molecule has 0 aliphatic heterocycles. The van der Waals surface area contributed by atoms with E-state index in [1.165, 1.54) is 47.5 Å². The second-order valence-electron chi connectivity index (χ2n) is 7.21. The van der Waals surface area contributed by atoms with Gasteiger partial charge in [0.05, 0.1) is 5.69 Å². The van der Waals surface area contributed by atoms with E-state index in [2.05, 4.69) is 38.7 Å². The van der Waals surface area contributed by atoms with E-state index in [-0.39, 0.29) is 11.5 Å². The molecule has 2 heterocycles. The molecular formula is C21H24N4O2. The first kappa shape index (κ1) is 17.5. The molecule has 0 bridgehead atoms. The fourth-order valence-corrected chi connectivity index (χ4v) is 3.78. The van der Waals surface area contributed by atoms with Gasteiger partial charge in [-0.05, 0) is 55.0 Å². The van der Waals surface area contributed by atoms with Gasteiger partial charge in [-0.25, -0.2) is 5.10 Å². The molecule has 0 spiro atoms. The minimum absolute atomic E-state index is 0.0176. The molecule has 6 nitrogen and oxygen atoms in total. The number of benzene rings is 1. The first-order chi connectivity index (χ1) is 13.2. The van der Waals surface area contributed by atoms with Crippen molar-refractivity contribution in [1.29, 1.82) is 0 Å². The van der Waals surface area contributed by atoms with Gasteiger partial charge in [0.1, 0.15) is 0 Å². The van der Waals surface area contributed by atoms with Crippen molar-refractivity contribution >= 4 is 16.8 Å². The second-order valence-corrected chi connectivity index (χ2v) is 7.21. The Labute approximate surface area is 157 Å². The molecule has 0 saturated heterocycles. The molecule has 6 heteroatoms. The standard InChI is InChI=1S/C21H24N4O2/c26-20(10-7-15-8-11-21(27)25-24-15)22-13-14-6-9-19-17(12-14)16-4-2-1-3-5-18(16)23-19/h6,8-9,11-12,23H,1-5,7,10,13H2,(H,22,26)(H,25,27). The average molecular weight is 364 g/mol. The van der Waals surface area contributed by atoms with Crippen LogP contribution >= 0.6 is 0 Å². The molecule has 1 amide bonds. The van der Waals surface area contributed by atoms with Crippen molar-refractivity contribution in [2.24, 2.45) is 0 Å². The van der Waals surface area contributed by atoms with Crippen LogP contribution in [0.25, 0.3) is 10.9 Å². The zero-order valence-electron chi connectivity index (χ0n) is 15.3. The summed E-state index contributed by atoms with van der Waals surface area (Å²) in [7, 11) is 0. The summed E-state index contributed by atoms with van der Waals surface area (Å²) in [6.45, 7) is 0.522. The predicted molar refractivity (Wildman–Crippen MR) is 105 cm³/mol. The number of aryl methyl sites for hydroxylation is 3. The molecule has 1 aliphatic rings. The van der Waals surface area contributed by atoms with Crippen LogP contribution in [0.1, 0.15) is 48.2 Å². The first-order valence-corrected chi connectivity index (χ1v) is 9.63. The number of rotatable bonds is 5. The highest BCUT2D eigenvalue weighted by Gasteiger charge is 2.14. The number of amides is 1. The smallest absolute Gasteiger partial charge is 0.264 e. The summed E-state index contributed by atoms with van der Waals surface area (Å²) >= 11 is 0. The number of nitrogens with one attached hydrogen (secondary N) is 3. The number of carbonyl (C=O) groups is 1. The largest absolute Gasteiger partial charge is 0.358 e. The van der Waals surface area contributed by atoms with Crippen LogP contribution < -0.4 is 10.9 Å². The highest BCUT2D eigenvalue weighted by molar-refractivity contribution is 5.85. The third-order valence-corrected chi connectivity index (χ3v) is 5.25. The fourth-order valence-electron chi connectivity index (χ4n) is 3.78. The van der Waals surface area contributed by atoms with Crippen molar-refractivity contribution in [3.05, 3.63) is 63.2 Å². The van der Waals surface area contributed by atoms with E-state index in [0.717, 1.165) is 18.4 Å². The number of nitrogens with zero attached hydrogens (tertiary/aromatic N) is 1. The maximum atomic E-state index is 12.1. The van der Waals surface area contributed by atoms with Gasteiger partial charge >= 0.3 is 0 Å². The Balaban J connectivity index is 1.38. The lowest BCUT2D eigenvalue weighted by molar-refractivity contribution is -0.121. The van der Waals surface area contributed by atoms with Crippen LogP contribution in [-0.4, -0.2) is 21.1 Å². The quantitative estimate of drug-likeness (QED) is 0.608. The lowest BCUT2D eigenvalue weighted by Gasteiger charge is -2.06. The zero-order valence-corrected chi connectivity index (χ0v) is 15.3. The third-order valence-electron chi connectivity index (χ3n) is 5.25. The van der Waals surface area contributed by atoms with Gasteiger partial charge in [-0.2, -0.15) is 5.10 Å². The van der Waals surface area contributed by atoms with Crippen LogP contribution in [0.5, 0.6) is 0 Å². The molecule has 1 aliphatic carbocycles. The summed E-state index contributed by atoms with van der Waals surface area (Å²) in [4.78, 5) is 26.7. The Kier molecular flexibility index (Phi) is 5.05. The summed E-state index contributed by atoms with van der Waals surface area (Å²) in [6.07, 6.45) is 6.93.